The first kappa shape index (κ1) is 17.2. The van der Waals surface area contributed by atoms with Crippen LogP contribution in [0.15, 0.2) is 0 Å². The average Bonchev–Trinajstić information content (AvgIpc) is 2.82. The van der Waals surface area contributed by atoms with Gasteiger partial charge in [0.15, 0.2) is 0 Å². The van der Waals surface area contributed by atoms with Crippen LogP contribution in [0.3, 0.4) is 0 Å². The molecule has 1 aromatic rings. The molecule has 120 valence electrons. The van der Waals surface area contributed by atoms with E-state index in [2.05, 4.69) is 18.9 Å². The Morgan fingerprint density at radius 1 is 1.33 bits per heavy atom. The summed E-state index contributed by atoms with van der Waals surface area (Å²) in [4.78, 5) is 0. The van der Waals surface area contributed by atoms with E-state index in [1.165, 1.54) is 32.1 Å². The molecule has 0 radical (unpaired) electrons. The lowest BCUT2D eigenvalue weighted by atomic mass is 10.0. The number of nitrogens with zero attached hydrogens (tertiary/aromatic N) is 2. The molecule has 2 rings (SSSR count). The SMILES string of the molecule is CCc1nn(CC)c(CC(O)CSC2CCCCC2)c1Cl. The van der Waals surface area contributed by atoms with Crippen molar-refractivity contribution in [3.63, 3.8) is 0 Å². The number of halogens is 1. The lowest BCUT2D eigenvalue weighted by Gasteiger charge is -2.22. The van der Waals surface area contributed by atoms with Crippen LogP contribution in [0, 0.1) is 0 Å². The Morgan fingerprint density at radius 3 is 2.67 bits per heavy atom. The van der Waals surface area contributed by atoms with Gasteiger partial charge in [-0.15, -0.1) is 0 Å². The largest absolute Gasteiger partial charge is 0.392 e. The molecular formula is C16H27ClN2OS. The Kier molecular flexibility index (Phi) is 6.90. The smallest absolute Gasteiger partial charge is 0.0850 e. The maximum atomic E-state index is 10.3. The normalized spacial score (nSPS) is 18.1. The van der Waals surface area contributed by atoms with Gasteiger partial charge in [0.1, 0.15) is 0 Å². The Morgan fingerprint density at radius 2 is 2.05 bits per heavy atom. The summed E-state index contributed by atoms with van der Waals surface area (Å²) < 4.78 is 1.94. The van der Waals surface area contributed by atoms with Gasteiger partial charge in [-0.2, -0.15) is 16.9 Å². The maximum Gasteiger partial charge on any atom is 0.0850 e. The van der Waals surface area contributed by atoms with E-state index in [1.54, 1.807) is 0 Å². The van der Waals surface area contributed by atoms with Gasteiger partial charge in [-0.05, 0) is 26.2 Å². The van der Waals surface area contributed by atoms with Crippen LogP contribution in [0.4, 0.5) is 0 Å². The van der Waals surface area contributed by atoms with E-state index in [0.29, 0.717) is 6.42 Å². The Balaban J connectivity index is 1.89. The van der Waals surface area contributed by atoms with E-state index in [4.69, 9.17) is 11.6 Å². The van der Waals surface area contributed by atoms with Gasteiger partial charge in [-0.3, -0.25) is 4.68 Å². The third-order valence-electron chi connectivity index (χ3n) is 4.20. The van der Waals surface area contributed by atoms with Crippen molar-refractivity contribution in [2.24, 2.45) is 0 Å². The molecule has 0 aromatic carbocycles. The summed E-state index contributed by atoms with van der Waals surface area (Å²) in [6.45, 7) is 4.93. The van der Waals surface area contributed by atoms with E-state index < -0.39 is 0 Å². The van der Waals surface area contributed by atoms with E-state index >= 15 is 0 Å². The van der Waals surface area contributed by atoms with E-state index in [0.717, 1.165) is 40.4 Å². The van der Waals surface area contributed by atoms with Crippen molar-refractivity contribution in [2.75, 3.05) is 5.75 Å². The second kappa shape index (κ2) is 8.44. The number of rotatable bonds is 7. The number of aryl methyl sites for hydroxylation is 2. The first-order valence-corrected chi connectivity index (χ1v) is 9.62. The Labute approximate surface area is 137 Å². The number of hydrogen-bond donors (Lipinski definition) is 1. The van der Waals surface area contributed by atoms with Crippen molar-refractivity contribution in [1.82, 2.24) is 9.78 Å². The van der Waals surface area contributed by atoms with E-state index in [-0.39, 0.29) is 6.10 Å². The van der Waals surface area contributed by atoms with Crippen LogP contribution in [0.5, 0.6) is 0 Å². The molecule has 1 aliphatic carbocycles. The van der Waals surface area contributed by atoms with Crippen molar-refractivity contribution in [3.8, 4) is 0 Å². The molecule has 1 fully saturated rings. The molecule has 1 unspecified atom stereocenters. The van der Waals surface area contributed by atoms with Crippen molar-refractivity contribution >= 4 is 23.4 Å². The number of aromatic nitrogens is 2. The zero-order valence-electron chi connectivity index (χ0n) is 13.1. The minimum absolute atomic E-state index is 0.332. The highest BCUT2D eigenvalue weighted by Gasteiger charge is 2.20. The Hall–Kier alpha value is -0.190. The second-order valence-corrected chi connectivity index (χ2v) is 7.54. The van der Waals surface area contributed by atoms with Gasteiger partial charge in [0.25, 0.3) is 0 Å². The topological polar surface area (TPSA) is 38.0 Å². The third kappa shape index (κ3) is 4.64. The number of hydrogen-bond acceptors (Lipinski definition) is 3. The summed E-state index contributed by atoms with van der Waals surface area (Å²) in [6.07, 6.45) is 7.82. The predicted molar refractivity (Wildman–Crippen MR) is 91.3 cm³/mol. The van der Waals surface area contributed by atoms with Gasteiger partial charge in [0.2, 0.25) is 0 Å². The molecule has 1 heterocycles. The molecule has 1 N–H and O–H groups in total. The molecular weight excluding hydrogens is 304 g/mol. The van der Waals surface area contributed by atoms with Gasteiger partial charge < -0.3 is 5.11 Å². The van der Waals surface area contributed by atoms with E-state index in [1.807, 2.05) is 16.4 Å². The first-order chi connectivity index (χ1) is 10.2. The van der Waals surface area contributed by atoms with Gasteiger partial charge in [-0.25, -0.2) is 0 Å². The predicted octanol–water partition coefficient (Wildman–Crippen LogP) is 4.09. The van der Waals surface area contributed by atoms with Gasteiger partial charge in [0.05, 0.1) is 22.5 Å². The van der Waals surface area contributed by atoms with Crippen molar-refractivity contribution < 1.29 is 5.11 Å². The summed E-state index contributed by atoms with van der Waals surface area (Å²) >= 11 is 8.33. The minimum Gasteiger partial charge on any atom is -0.392 e. The number of aliphatic hydroxyl groups excluding tert-OH is 1. The van der Waals surface area contributed by atoms with Crippen LogP contribution in [-0.2, 0) is 19.4 Å². The van der Waals surface area contributed by atoms with Gasteiger partial charge in [-0.1, -0.05) is 37.8 Å². The lowest BCUT2D eigenvalue weighted by molar-refractivity contribution is 0.196. The molecule has 1 aliphatic rings. The standard InChI is InChI=1S/C16H27ClN2OS/c1-3-14-16(17)15(19(4-2)18-14)10-12(20)11-21-13-8-6-5-7-9-13/h12-13,20H,3-11H2,1-2H3. The molecule has 1 aromatic heterocycles. The fraction of sp³-hybridized carbons (Fsp3) is 0.812. The van der Waals surface area contributed by atoms with Crippen LogP contribution in [0.1, 0.15) is 57.3 Å². The average molecular weight is 331 g/mol. The minimum atomic E-state index is -0.332. The highest BCUT2D eigenvalue weighted by Crippen LogP contribution is 2.29. The van der Waals surface area contributed by atoms with Crippen LogP contribution in [0.2, 0.25) is 5.02 Å². The summed E-state index contributed by atoms with van der Waals surface area (Å²) in [7, 11) is 0. The zero-order valence-corrected chi connectivity index (χ0v) is 14.7. The summed E-state index contributed by atoms with van der Waals surface area (Å²) in [5.41, 5.74) is 1.94. The summed E-state index contributed by atoms with van der Waals surface area (Å²) in [5, 5.41) is 16.3. The molecule has 1 saturated carbocycles. The van der Waals surface area contributed by atoms with Crippen LogP contribution in [0.25, 0.3) is 0 Å². The molecule has 0 amide bonds. The molecule has 0 spiro atoms. The monoisotopic (exact) mass is 330 g/mol. The molecule has 5 heteroatoms. The maximum absolute atomic E-state index is 10.3. The molecule has 0 aliphatic heterocycles. The van der Waals surface area contributed by atoms with Crippen molar-refractivity contribution in [3.05, 3.63) is 16.4 Å². The van der Waals surface area contributed by atoms with E-state index in [9.17, 15) is 5.11 Å². The molecule has 3 nitrogen and oxygen atoms in total. The van der Waals surface area contributed by atoms with Crippen molar-refractivity contribution in [1.29, 1.82) is 0 Å². The fourth-order valence-corrected chi connectivity index (χ4v) is 4.60. The molecule has 0 bridgehead atoms. The quantitative estimate of drug-likeness (QED) is 0.818. The lowest BCUT2D eigenvalue weighted by Crippen LogP contribution is -2.19. The summed E-state index contributed by atoms with van der Waals surface area (Å²) in [5.74, 6) is 0.803. The van der Waals surface area contributed by atoms with Crippen LogP contribution in [-0.4, -0.2) is 32.0 Å². The van der Waals surface area contributed by atoms with Gasteiger partial charge in [0, 0.05) is 24.0 Å². The first-order valence-electron chi connectivity index (χ1n) is 8.19. The highest BCUT2D eigenvalue weighted by molar-refractivity contribution is 7.99. The molecule has 21 heavy (non-hydrogen) atoms. The van der Waals surface area contributed by atoms with Gasteiger partial charge >= 0.3 is 0 Å². The fourth-order valence-electron chi connectivity index (χ4n) is 2.97. The van der Waals surface area contributed by atoms with Crippen LogP contribution >= 0.6 is 23.4 Å². The molecule has 1 atom stereocenters. The number of thioether (sulfide) groups is 1. The third-order valence-corrected chi connectivity index (χ3v) is 6.16. The molecule has 0 saturated heterocycles. The number of aliphatic hydroxyl groups is 1. The highest BCUT2D eigenvalue weighted by atomic mass is 35.5. The zero-order chi connectivity index (χ0) is 15.2. The Bertz CT molecular complexity index is 444. The summed E-state index contributed by atoms with van der Waals surface area (Å²) in [6, 6.07) is 0. The van der Waals surface area contributed by atoms with Crippen LogP contribution < -0.4 is 0 Å². The van der Waals surface area contributed by atoms with Crippen molar-refractivity contribution in [2.45, 2.75) is 76.7 Å². The second-order valence-electron chi connectivity index (χ2n) is 5.83.